The Labute approximate surface area is 187 Å². The molecule has 3 aliphatic rings. The molecular weight excluding hydrogens is 416 g/mol. The van der Waals surface area contributed by atoms with Crippen LogP contribution in [-0.4, -0.2) is 74.9 Å². The van der Waals surface area contributed by atoms with E-state index in [4.69, 9.17) is 11.5 Å². The Kier molecular flexibility index (Phi) is 7.70. The lowest BCUT2D eigenvalue weighted by Gasteiger charge is -2.47. The fourth-order valence-corrected chi connectivity index (χ4v) is 6.52. The molecule has 1 saturated carbocycles. The van der Waals surface area contributed by atoms with Crippen molar-refractivity contribution in [2.24, 2.45) is 28.7 Å². The lowest BCUT2D eigenvalue weighted by atomic mass is 9.70. The number of piperidine rings is 1. The predicted octanol–water partition coefficient (Wildman–Crippen LogP) is -0.469. The molecule has 10 heteroatoms. The van der Waals surface area contributed by atoms with Crippen LogP contribution in [-0.2, 0) is 14.6 Å². The highest BCUT2D eigenvalue weighted by molar-refractivity contribution is 7.91. The van der Waals surface area contributed by atoms with E-state index < -0.39 is 15.8 Å². The molecule has 1 aliphatic carbocycles. The van der Waals surface area contributed by atoms with E-state index in [0.717, 1.165) is 32.4 Å². The minimum Gasteiger partial charge on any atom is -0.369 e. The number of sulfone groups is 1. The number of hydrogen-bond acceptors (Lipinski definition) is 8. The Hall–Kier alpha value is -0.780. The molecule has 9 nitrogen and oxygen atoms in total. The van der Waals surface area contributed by atoms with Crippen molar-refractivity contribution in [2.75, 3.05) is 25.9 Å². The average molecular weight is 459 g/mol. The smallest absolute Gasteiger partial charge is 0.224 e. The maximum absolute atomic E-state index is 12.4. The highest BCUT2D eigenvalue weighted by atomic mass is 32.2. The van der Waals surface area contributed by atoms with Crippen LogP contribution in [0.2, 0.25) is 0 Å². The van der Waals surface area contributed by atoms with Crippen LogP contribution in [0.15, 0.2) is 0 Å². The van der Waals surface area contributed by atoms with Gasteiger partial charge in [-0.2, -0.15) is 0 Å². The first kappa shape index (κ1) is 24.9. The molecule has 7 N–H and O–H groups in total. The number of rotatable bonds is 5. The standard InChI is InChI=1S/C21H42N6O3S/c1-21(2,3)13-8-15(10-16(9-13)31(4,29)30)25-19-17(18(23)28)11-24-20(26-19)27-7-5-6-14(22)12-27/h13-17,19-20,24-26H,5-12,22H2,1-4H3,(H2,23,28)/t13?,14-,15?,16?,17?,19?,20?/m0/s1. The summed E-state index contributed by atoms with van der Waals surface area (Å²) in [5, 5.41) is 10.2. The molecule has 0 bridgehead atoms. The Balaban J connectivity index is 1.74. The van der Waals surface area contributed by atoms with E-state index >= 15 is 0 Å². The van der Waals surface area contributed by atoms with Crippen LogP contribution in [0.25, 0.3) is 0 Å². The molecular formula is C21H42N6O3S. The van der Waals surface area contributed by atoms with Gasteiger partial charge in [0.2, 0.25) is 5.91 Å². The Morgan fingerprint density at radius 3 is 2.48 bits per heavy atom. The number of nitrogens with one attached hydrogen (secondary N) is 3. The second kappa shape index (κ2) is 9.61. The molecule has 2 saturated heterocycles. The molecule has 2 heterocycles. The molecule has 0 aromatic heterocycles. The second-order valence-corrected chi connectivity index (χ2v) is 13.3. The van der Waals surface area contributed by atoms with Gasteiger partial charge in [0.15, 0.2) is 0 Å². The number of carbonyl (C=O) groups is 1. The van der Waals surface area contributed by atoms with Crippen LogP contribution < -0.4 is 27.4 Å². The van der Waals surface area contributed by atoms with E-state index in [0.29, 0.717) is 19.4 Å². The Morgan fingerprint density at radius 2 is 1.90 bits per heavy atom. The predicted molar refractivity (Wildman–Crippen MR) is 123 cm³/mol. The summed E-state index contributed by atoms with van der Waals surface area (Å²) in [5.74, 6) is -0.501. The summed E-state index contributed by atoms with van der Waals surface area (Å²) < 4.78 is 24.8. The quantitative estimate of drug-likeness (QED) is 0.372. The maximum atomic E-state index is 12.4. The first-order valence-corrected chi connectivity index (χ1v) is 13.5. The molecule has 0 aromatic carbocycles. The summed E-state index contributed by atoms with van der Waals surface area (Å²) in [6, 6.07) is 0.151. The topological polar surface area (TPSA) is 143 Å². The second-order valence-electron chi connectivity index (χ2n) is 10.9. The zero-order chi connectivity index (χ0) is 23.0. The highest BCUT2D eigenvalue weighted by Crippen LogP contribution is 2.40. The fraction of sp³-hybridized carbons (Fsp3) is 0.952. The molecule has 180 valence electrons. The summed E-state index contributed by atoms with van der Waals surface area (Å²) in [6.45, 7) is 8.72. The molecule has 0 aromatic rings. The minimum atomic E-state index is -3.14. The van der Waals surface area contributed by atoms with Crippen molar-refractivity contribution in [3.8, 4) is 0 Å². The molecule has 0 spiro atoms. The number of primary amides is 1. The van der Waals surface area contributed by atoms with Crippen molar-refractivity contribution in [2.45, 2.75) is 82.7 Å². The zero-order valence-corrected chi connectivity index (χ0v) is 20.2. The van der Waals surface area contributed by atoms with E-state index in [1.54, 1.807) is 0 Å². The monoisotopic (exact) mass is 458 g/mol. The van der Waals surface area contributed by atoms with E-state index in [-0.39, 0.29) is 47.0 Å². The first-order chi connectivity index (χ1) is 14.3. The number of likely N-dealkylation sites (tertiary alicyclic amines) is 1. The summed E-state index contributed by atoms with van der Waals surface area (Å²) >= 11 is 0. The first-order valence-electron chi connectivity index (χ1n) is 11.6. The minimum absolute atomic E-state index is 0.000544. The van der Waals surface area contributed by atoms with Crippen molar-refractivity contribution in [3.05, 3.63) is 0 Å². The highest BCUT2D eigenvalue weighted by Gasteiger charge is 2.42. The van der Waals surface area contributed by atoms with Crippen molar-refractivity contribution < 1.29 is 13.2 Å². The van der Waals surface area contributed by atoms with Crippen LogP contribution >= 0.6 is 0 Å². The van der Waals surface area contributed by atoms with Gasteiger partial charge in [-0.1, -0.05) is 20.8 Å². The van der Waals surface area contributed by atoms with Gasteiger partial charge >= 0.3 is 0 Å². The summed E-state index contributed by atoms with van der Waals surface area (Å²) in [5.41, 5.74) is 11.9. The third-order valence-corrected chi connectivity index (χ3v) is 9.00. The molecule has 0 radical (unpaired) electrons. The Bertz CT molecular complexity index is 740. The number of hydrogen-bond donors (Lipinski definition) is 5. The average Bonchev–Trinajstić information content (AvgIpc) is 2.66. The molecule has 6 unspecified atom stereocenters. The van der Waals surface area contributed by atoms with Gasteiger partial charge in [-0.05, 0) is 43.4 Å². The van der Waals surface area contributed by atoms with Crippen LogP contribution in [0.1, 0.15) is 52.9 Å². The van der Waals surface area contributed by atoms with E-state index in [1.807, 2.05) is 0 Å². The fourth-order valence-electron chi connectivity index (χ4n) is 5.35. The van der Waals surface area contributed by atoms with Crippen LogP contribution in [0.5, 0.6) is 0 Å². The third-order valence-electron chi connectivity index (χ3n) is 7.40. The molecule has 2 aliphatic heterocycles. The molecule has 31 heavy (non-hydrogen) atoms. The van der Waals surface area contributed by atoms with Gasteiger partial charge in [0, 0.05) is 38.0 Å². The van der Waals surface area contributed by atoms with Crippen molar-refractivity contribution in [1.82, 2.24) is 20.9 Å². The number of carbonyl (C=O) groups excluding carboxylic acids is 1. The SMILES string of the molecule is CC(C)(C)C1CC(NC2NC(N3CCC[C@H](N)C3)NCC2C(N)=O)CC(S(C)(=O)=O)C1. The number of nitrogens with zero attached hydrogens (tertiary/aromatic N) is 1. The number of nitrogens with two attached hydrogens (primary N) is 2. The van der Waals surface area contributed by atoms with Gasteiger partial charge in [0.1, 0.15) is 16.1 Å². The summed E-state index contributed by atoms with van der Waals surface area (Å²) in [7, 11) is -3.14. The van der Waals surface area contributed by atoms with Gasteiger partial charge < -0.3 is 11.5 Å². The largest absolute Gasteiger partial charge is 0.369 e. The molecule has 1 amide bonds. The van der Waals surface area contributed by atoms with Crippen LogP contribution in [0.4, 0.5) is 0 Å². The van der Waals surface area contributed by atoms with Crippen LogP contribution in [0.3, 0.4) is 0 Å². The van der Waals surface area contributed by atoms with Gasteiger partial charge in [0.25, 0.3) is 0 Å². The molecule has 7 atom stereocenters. The van der Waals surface area contributed by atoms with Crippen molar-refractivity contribution >= 4 is 15.7 Å². The van der Waals surface area contributed by atoms with Gasteiger partial charge in [-0.25, -0.2) is 8.42 Å². The van der Waals surface area contributed by atoms with E-state index in [1.165, 1.54) is 6.26 Å². The normalized spacial score (nSPS) is 38.7. The lowest BCUT2D eigenvalue weighted by Crippen LogP contribution is -2.72. The zero-order valence-electron chi connectivity index (χ0n) is 19.4. The molecule has 3 rings (SSSR count). The van der Waals surface area contributed by atoms with Crippen molar-refractivity contribution in [1.29, 1.82) is 0 Å². The van der Waals surface area contributed by atoms with E-state index in [2.05, 4.69) is 41.6 Å². The molecule has 3 fully saturated rings. The van der Waals surface area contributed by atoms with Gasteiger partial charge in [-0.15, -0.1) is 0 Å². The van der Waals surface area contributed by atoms with Crippen molar-refractivity contribution in [3.63, 3.8) is 0 Å². The summed E-state index contributed by atoms with van der Waals surface area (Å²) in [6.07, 6.45) is 5.13. The van der Waals surface area contributed by atoms with Crippen LogP contribution in [0, 0.1) is 17.3 Å². The number of amides is 1. The van der Waals surface area contributed by atoms with Gasteiger partial charge in [-0.3, -0.25) is 25.6 Å². The third kappa shape index (κ3) is 6.39. The summed E-state index contributed by atoms with van der Waals surface area (Å²) in [4.78, 5) is 14.4. The maximum Gasteiger partial charge on any atom is 0.224 e. The van der Waals surface area contributed by atoms with Gasteiger partial charge in [0.05, 0.1) is 17.3 Å². The Morgan fingerprint density at radius 1 is 1.19 bits per heavy atom. The van der Waals surface area contributed by atoms with E-state index in [9.17, 15) is 13.2 Å². The lowest BCUT2D eigenvalue weighted by molar-refractivity contribution is -0.124.